The van der Waals surface area contributed by atoms with Gasteiger partial charge in [-0.1, -0.05) is 0 Å². The smallest absolute Gasteiger partial charge is 0.230 e. The zero-order valence-electron chi connectivity index (χ0n) is 14.9. The molecule has 0 fully saturated rings. The minimum absolute atomic E-state index is 0.162. The fraction of sp³-hybridized carbons (Fsp3) is 0.471. The summed E-state index contributed by atoms with van der Waals surface area (Å²) in [6, 6.07) is 5.68. The quantitative estimate of drug-likeness (QED) is 0.340. The highest BCUT2D eigenvalue weighted by atomic mass is 16.4. The predicted molar refractivity (Wildman–Crippen MR) is 91.9 cm³/mol. The van der Waals surface area contributed by atoms with E-state index in [9.17, 15) is 19.5 Å². The van der Waals surface area contributed by atoms with Crippen LogP contribution in [0.2, 0.25) is 0 Å². The van der Waals surface area contributed by atoms with Crippen molar-refractivity contribution in [1.29, 1.82) is 0 Å². The van der Waals surface area contributed by atoms with Crippen LogP contribution in [0.3, 0.4) is 0 Å². The average molecular weight is 351 g/mol. The topological polar surface area (TPSA) is 119 Å². The summed E-state index contributed by atoms with van der Waals surface area (Å²) in [4.78, 5) is 35.5. The van der Waals surface area contributed by atoms with Gasteiger partial charge in [0.15, 0.2) is 0 Å². The van der Waals surface area contributed by atoms with Gasteiger partial charge in [-0.15, -0.1) is 0 Å². The van der Waals surface area contributed by atoms with Crippen LogP contribution >= 0.6 is 0 Å². The number of benzene rings is 1. The van der Waals surface area contributed by atoms with Gasteiger partial charge in [0.1, 0.15) is 6.04 Å². The van der Waals surface area contributed by atoms with Gasteiger partial charge < -0.3 is 30.8 Å². The van der Waals surface area contributed by atoms with E-state index in [1.165, 1.54) is 11.8 Å². The average Bonchev–Trinajstić information content (AvgIpc) is 2.51. The van der Waals surface area contributed by atoms with Gasteiger partial charge in [-0.2, -0.15) is 0 Å². The van der Waals surface area contributed by atoms with E-state index in [2.05, 4.69) is 10.6 Å². The lowest BCUT2D eigenvalue weighted by Crippen LogP contribution is -3.06. The third-order valence-corrected chi connectivity index (χ3v) is 3.53. The Morgan fingerprint density at radius 3 is 2.16 bits per heavy atom. The largest absolute Gasteiger partial charge is 0.544 e. The standard InChI is InChI=1S/C17H26N4O4/c1-12(22)19-13-5-7-14(8-6-13)20-16(23)11-15(17(24)25)18-9-4-10-21(2)3/h5-8,15,18H,4,9-11H2,1-3H3,(H,19,22)(H,20,23)(H,24,25)/p+1/t15-/m0/s1. The molecular formula is C17H27N4O4+. The molecule has 8 heteroatoms. The molecular weight excluding hydrogens is 324 g/mol. The summed E-state index contributed by atoms with van der Waals surface area (Å²) in [7, 11) is 4.06. The monoisotopic (exact) mass is 351 g/mol. The van der Waals surface area contributed by atoms with Gasteiger partial charge in [-0.05, 0) is 24.3 Å². The molecule has 1 aromatic carbocycles. The van der Waals surface area contributed by atoms with Crippen molar-refractivity contribution < 1.29 is 29.7 Å². The number of carboxylic acid groups (broad SMARTS) is 1. The Morgan fingerprint density at radius 1 is 1.12 bits per heavy atom. The molecule has 0 radical (unpaired) electrons. The van der Waals surface area contributed by atoms with E-state index in [-0.39, 0.29) is 12.3 Å². The maximum absolute atomic E-state index is 12.0. The van der Waals surface area contributed by atoms with Crippen molar-refractivity contribution in [2.24, 2.45) is 0 Å². The SMILES string of the molecule is CC(=O)Nc1ccc(NC(=O)C[C@H]([NH2+]CCC[NH+](C)C)C(=O)[O-])cc1. The number of hydrogen-bond acceptors (Lipinski definition) is 4. The van der Waals surface area contributed by atoms with Gasteiger partial charge >= 0.3 is 0 Å². The summed E-state index contributed by atoms with van der Waals surface area (Å²) in [5, 5.41) is 18.1. The molecule has 0 aliphatic heterocycles. The zero-order valence-corrected chi connectivity index (χ0v) is 14.9. The molecule has 1 aromatic rings. The van der Waals surface area contributed by atoms with Crippen LogP contribution in [-0.4, -0.2) is 51.0 Å². The number of carbonyl (C=O) groups is 3. The van der Waals surface area contributed by atoms with Gasteiger partial charge in [0.05, 0.1) is 39.6 Å². The van der Waals surface area contributed by atoms with Crippen LogP contribution in [0.5, 0.6) is 0 Å². The van der Waals surface area contributed by atoms with Crippen LogP contribution in [0.15, 0.2) is 24.3 Å². The third kappa shape index (κ3) is 8.83. The molecule has 0 aromatic heterocycles. The molecule has 8 nitrogen and oxygen atoms in total. The minimum Gasteiger partial charge on any atom is -0.544 e. The Kier molecular flexibility index (Phi) is 8.59. The molecule has 0 aliphatic rings. The van der Waals surface area contributed by atoms with Crippen LogP contribution in [0, 0.1) is 0 Å². The van der Waals surface area contributed by atoms with Crippen molar-refractivity contribution in [3.63, 3.8) is 0 Å². The second-order valence-electron chi connectivity index (χ2n) is 6.27. The van der Waals surface area contributed by atoms with Crippen LogP contribution < -0.4 is 26.0 Å². The van der Waals surface area contributed by atoms with Gasteiger partial charge in [-0.3, -0.25) is 9.59 Å². The number of nitrogens with two attached hydrogens (primary N) is 1. The van der Waals surface area contributed by atoms with Crippen molar-refractivity contribution in [2.45, 2.75) is 25.8 Å². The van der Waals surface area contributed by atoms with Gasteiger partial charge in [0.2, 0.25) is 11.8 Å². The number of quaternary nitrogens is 2. The van der Waals surface area contributed by atoms with E-state index < -0.39 is 17.9 Å². The summed E-state index contributed by atoms with van der Waals surface area (Å²) in [5.41, 5.74) is 1.15. The second-order valence-corrected chi connectivity index (χ2v) is 6.27. The van der Waals surface area contributed by atoms with Crippen molar-refractivity contribution in [3.05, 3.63) is 24.3 Å². The van der Waals surface area contributed by atoms with Crippen molar-refractivity contribution in [1.82, 2.24) is 0 Å². The van der Waals surface area contributed by atoms with Crippen LogP contribution in [-0.2, 0) is 14.4 Å². The summed E-state index contributed by atoms with van der Waals surface area (Å²) in [6.07, 6.45) is 0.697. The number of hydrogen-bond donors (Lipinski definition) is 4. The van der Waals surface area contributed by atoms with E-state index in [1.807, 2.05) is 14.1 Å². The molecule has 138 valence electrons. The van der Waals surface area contributed by atoms with E-state index in [0.29, 0.717) is 17.9 Å². The van der Waals surface area contributed by atoms with Gasteiger partial charge in [0.25, 0.3) is 0 Å². The summed E-state index contributed by atoms with van der Waals surface area (Å²) in [5.74, 6) is -1.82. The Labute approximate surface area is 147 Å². The molecule has 1 rings (SSSR count). The molecule has 2 amide bonds. The number of aliphatic carboxylic acids is 1. The number of carbonyl (C=O) groups excluding carboxylic acids is 3. The Hall–Kier alpha value is -2.45. The van der Waals surface area contributed by atoms with E-state index in [0.717, 1.165) is 13.0 Å². The number of amides is 2. The predicted octanol–water partition coefficient (Wildman–Crippen LogP) is -2.81. The molecule has 0 spiro atoms. The fourth-order valence-corrected chi connectivity index (χ4v) is 2.29. The highest BCUT2D eigenvalue weighted by molar-refractivity contribution is 5.94. The van der Waals surface area contributed by atoms with Crippen molar-refractivity contribution in [2.75, 3.05) is 37.8 Å². The number of rotatable bonds is 10. The lowest BCUT2D eigenvalue weighted by Gasteiger charge is -2.16. The Morgan fingerprint density at radius 2 is 1.68 bits per heavy atom. The molecule has 25 heavy (non-hydrogen) atoms. The second kappa shape index (κ2) is 10.4. The molecule has 1 atom stereocenters. The van der Waals surface area contributed by atoms with Gasteiger partial charge in [0, 0.05) is 24.7 Å². The molecule has 0 heterocycles. The van der Waals surface area contributed by atoms with E-state index in [1.54, 1.807) is 29.6 Å². The van der Waals surface area contributed by atoms with E-state index in [4.69, 9.17) is 0 Å². The number of anilines is 2. The molecule has 0 saturated carbocycles. The third-order valence-electron chi connectivity index (χ3n) is 3.53. The Balaban J connectivity index is 2.48. The highest BCUT2D eigenvalue weighted by Crippen LogP contribution is 2.13. The summed E-state index contributed by atoms with van der Waals surface area (Å²) >= 11 is 0. The Bertz CT molecular complexity index is 587. The molecule has 0 unspecified atom stereocenters. The highest BCUT2D eigenvalue weighted by Gasteiger charge is 2.18. The summed E-state index contributed by atoms with van der Waals surface area (Å²) < 4.78 is 0. The first-order valence-corrected chi connectivity index (χ1v) is 8.28. The van der Waals surface area contributed by atoms with Crippen LogP contribution in [0.1, 0.15) is 19.8 Å². The zero-order chi connectivity index (χ0) is 18.8. The van der Waals surface area contributed by atoms with Crippen LogP contribution in [0.4, 0.5) is 11.4 Å². The first-order valence-electron chi connectivity index (χ1n) is 8.28. The van der Waals surface area contributed by atoms with Crippen LogP contribution in [0.25, 0.3) is 0 Å². The number of carboxylic acids is 1. The first-order chi connectivity index (χ1) is 11.8. The summed E-state index contributed by atoms with van der Waals surface area (Å²) in [6.45, 7) is 2.97. The fourth-order valence-electron chi connectivity index (χ4n) is 2.29. The van der Waals surface area contributed by atoms with Crippen molar-refractivity contribution in [3.8, 4) is 0 Å². The minimum atomic E-state index is -1.24. The lowest BCUT2D eigenvalue weighted by atomic mass is 10.2. The molecule has 0 bridgehead atoms. The van der Waals surface area contributed by atoms with Gasteiger partial charge in [-0.25, -0.2) is 0 Å². The maximum atomic E-state index is 12.0. The van der Waals surface area contributed by atoms with Crippen molar-refractivity contribution >= 4 is 29.2 Å². The normalized spacial score (nSPS) is 11.8. The molecule has 0 saturated heterocycles. The lowest BCUT2D eigenvalue weighted by molar-refractivity contribution is -0.860. The first kappa shape index (κ1) is 20.6. The molecule has 0 aliphatic carbocycles. The van der Waals surface area contributed by atoms with E-state index >= 15 is 0 Å². The number of nitrogens with one attached hydrogen (secondary N) is 3. The molecule has 5 N–H and O–H groups in total. The maximum Gasteiger partial charge on any atom is 0.230 e.